The monoisotopic (exact) mass is 436 g/mol. The molecule has 0 aliphatic carbocycles. The first-order valence-electron chi connectivity index (χ1n) is 10.5. The van der Waals surface area contributed by atoms with Gasteiger partial charge in [-0.2, -0.15) is 0 Å². The molecule has 2 aromatic carbocycles. The molecule has 8 heteroatoms. The van der Waals surface area contributed by atoms with Crippen molar-refractivity contribution in [1.82, 2.24) is 25.4 Å². The zero-order valence-corrected chi connectivity index (χ0v) is 18.7. The molecule has 1 aliphatic heterocycles. The van der Waals surface area contributed by atoms with Gasteiger partial charge >= 0.3 is 0 Å². The predicted octanol–water partition coefficient (Wildman–Crippen LogP) is 3.47. The number of aliphatic imine (C=N–C) groups is 1. The topological polar surface area (TPSA) is 76.4 Å². The number of para-hydroxylation sites is 1. The smallest absolute Gasteiger partial charge is 0.192 e. The molecule has 1 aromatic heterocycles. The van der Waals surface area contributed by atoms with Crippen LogP contribution in [0.5, 0.6) is 5.75 Å². The number of aryl methyl sites for hydroxylation is 1. The van der Waals surface area contributed by atoms with Crippen LogP contribution in [0.15, 0.2) is 64.5 Å². The van der Waals surface area contributed by atoms with Gasteiger partial charge in [-0.05, 0) is 25.1 Å². The van der Waals surface area contributed by atoms with E-state index in [0.29, 0.717) is 13.2 Å². The Hall–Kier alpha value is -3.00. The van der Waals surface area contributed by atoms with E-state index in [0.717, 1.165) is 47.6 Å². The van der Waals surface area contributed by atoms with Gasteiger partial charge in [0.1, 0.15) is 18.1 Å². The highest BCUT2D eigenvalue weighted by Gasteiger charge is 2.22. The number of benzene rings is 2. The van der Waals surface area contributed by atoms with E-state index < -0.39 is 0 Å². The van der Waals surface area contributed by atoms with Crippen LogP contribution in [0.3, 0.4) is 0 Å². The lowest BCUT2D eigenvalue weighted by Crippen LogP contribution is -2.42. The average Bonchev–Trinajstić information content (AvgIpc) is 3.13. The number of hydrogen-bond acceptors (Lipinski definition) is 5. The van der Waals surface area contributed by atoms with Crippen LogP contribution >= 0.6 is 11.8 Å². The van der Waals surface area contributed by atoms with Crippen molar-refractivity contribution in [2.24, 2.45) is 12.0 Å². The Labute approximate surface area is 187 Å². The third kappa shape index (κ3) is 5.58. The van der Waals surface area contributed by atoms with Crippen molar-refractivity contribution in [2.45, 2.75) is 30.8 Å². The van der Waals surface area contributed by atoms with Gasteiger partial charge in [0.25, 0.3) is 0 Å². The molecule has 1 unspecified atom stereocenters. The zero-order valence-electron chi connectivity index (χ0n) is 17.9. The number of nitrogens with one attached hydrogen (secondary N) is 2. The molecule has 7 nitrogen and oxygen atoms in total. The number of thioether (sulfide) groups is 1. The Balaban J connectivity index is 1.43. The summed E-state index contributed by atoms with van der Waals surface area (Å²) in [7, 11) is 1.96. The van der Waals surface area contributed by atoms with E-state index in [-0.39, 0.29) is 6.04 Å². The van der Waals surface area contributed by atoms with Crippen molar-refractivity contribution in [3.63, 3.8) is 0 Å². The molecular formula is C23H28N6OS. The number of guanidine groups is 1. The molecule has 0 bridgehead atoms. The summed E-state index contributed by atoms with van der Waals surface area (Å²) in [5.41, 5.74) is 1.16. The molecule has 0 spiro atoms. The lowest BCUT2D eigenvalue weighted by atomic mass is 10.0. The highest BCUT2D eigenvalue weighted by atomic mass is 32.2. The summed E-state index contributed by atoms with van der Waals surface area (Å²) in [4.78, 5) is 6.07. The van der Waals surface area contributed by atoms with E-state index in [4.69, 9.17) is 9.73 Å². The number of nitrogens with zero attached hydrogens (tertiary/aromatic N) is 4. The first-order chi connectivity index (χ1) is 15.2. The van der Waals surface area contributed by atoms with E-state index in [2.05, 4.69) is 51.2 Å². The second-order valence-electron chi connectivity index (χ2n) is 7.35. The zero-order chi connectivity index (χ0) is 21.5. The van der Waals surface area contributed by atoms with Crippen LogP contribution in [0.4, 0.5) is 0 Å². The first kappa shape index (κ1) is 21.2. The van der Waals surface area contributed by atoms with Crippen LogP contribution < -0.4 is 15.4 Å². The van der Waals surface area contributed by atoms with Crippen LogP contribution in [0.1, 0.15) is 29.7 Å². The molecule has 2 heterocycles. The molecule has 0 fully saturated rings. The summed E-state index contributed by atoms with van der Waals surface area (Å²) < 4.78 is 7.77. The second kappa shape index (κ2) is 10.3. The quantitative estimate of drug-likeness (QED) is 0.256. The van der Waals surface area contributed by atoms with E-state index in [1.165, 1.54) is 4.90 Å². The maximum absolute atomic E-state index is 5.81. The molecule has 2 N–H and O–H groups in total. The minimum Gasteiger partial charge on any atom is -0.493 e. The first-order valence-corrected chi connectivity index (χ1v) is 11.5. The molecule has 4 rings (SSSR count). The molecule has 0 saturated carbocycles. The third-order valence-corrected chi connectivity index (χ3v) is 6.25. The van der Waals surface area contributed by atoms with Gasteiger partial charge in [-0.1, -0.05) is 36.4 Å². The minimum absolute atomic E-state index is 0.152. The van der Waals surface area contributed by atoms with Crippen LogP contribution in [0.2, 0.25) is 0 Å². The summed E-state index contributed by atoms with van der Waals surface area (Å²) in [6.07, 6.45) is 0.888. The highest BCUT2D eigenvalue weighted by Crippen LogP contribution is 2.31. The fraction of sp³-hybridized carbons (Fsp3) is 0.348. The molecule has 1 aliphatic rings. The summed E-state index contributed by atoms with van der Waals surface area (Å²) in [6, 6.07) is 18.8. The van der Waals surface area contributed by atoms with E-state index in [9.17, 15) is 0 Å². The Morgan fingerprint density at radius 2 is 1.97 bits per heavy atom. The summed E-state index contributed by atoms with van der Waals surface area (Å²) in [6.45, 7) is 3.89. The van der Waals surface area contributed by atoms with Crippen molar-refractivity contribution in [1.29, 1.82) is 0 Å². The number of rotatable bonds is 7. The SMILES string of the molecule is Cc1nnc(CN=C(NCCSc2ccccc2)NC2CCOc3ccccc32)n1C. The van der Waals surface area contributed by atoms with E-state index in [1.54, 1.807) is 0 Å². The average molecular weight is 437 g/mol. The Bertz CT molecular complexity index is 1020. The largest absolute Gasteiger partial charge is 0.493 e. The van der Waals surface area contributed by atoms with E-state index in [1.807, 2.05) is 54.6 Å². The molecule has 3 aromatic rings. The van der Waals surface area contributed by atoms with Crippen molar-refractivity contribution >= 4 is 17.7 Å². The number of hydrogen-bond donors (Lipinski definition) is 2. The lowest BCUT2D eigenvalue weighted by molar-refractivity contribution is 0.261. The normalized spacial score (nSPS) is 15.8. The van der Waals surface area contributed by atoms with Crippen molar-refractivity contribution < 1.29 is 4.74 Å². The lowest BCUT2D eigenvalue weighted by Gasteiger charge is -2.28. The van der Waals surface area contributed by atoms with Crippen LogP contribution in [-0.4, -0.2) is 39.6 Å². The minimum atomic E-state index is 0.152. The van der Waals surface area contributed by atoms with Gasteiger partial charge in [0, 0.05) is 36.2 Å². The molecule has 1 atom stereocenters. The van der Waals surface area contributed by atoms with Crippen LogP contribution in [0, 0.1) is 6.92 Å². The van der Waals surface area contributed by atoms with Gasteiger partial charge in [-0.15, -0.1) is 22.0 Å². The highest BCUT2D eigenvalue weighted by molar-refractivity contribution is 7.99. The fourth-order valence-corrected chi connectivity index (χ4v) is 4.19. The number of aromatic nitrogens is 3. The van der Waals surface area contributed by atoms with Gasteiger partial charge in [-0.3, -0.25) is 0 Å². The van der Waals surface area contributed by atoms with Gasteiger partial charge < -0.3 is 19.9 Å². The predicted molar refractivity (Wildman–Crippen MR) is 124 cm³/mol. The third-order valence-electron chi connectivity index (χ3n) is 5.24. The second-order valence-corrected chi connectivity index (χ2v) is 8.52. The molecule has 31 heavy (non-hydrogen) atoms. The number of ether oxygens (including phenoxy) is 1. The van der Waals surface area contributed by atoms with Crippen LogP contribution in [-0.2, 0) is 13.6 Å². The summed E-state index contributed by atoms with van der Waals surface area (Å²) >= 11 is 1.83. The standard InChI is InChI=1S/C23H28N6OS/c1-17-27-28-22(29(17)2)16-25-23(24-13-15-31-18-8-4-3-5-9-18)26-20-12-14-30-21-11-7-6-10-19(20)21/h3-11,20H,12-16H2,1-2H3,(H2,24,25,26). The molecule has 162 valence electrons. The molecule has 0 saturated heterocycles. The van der Waals surface area contributed by atoms with Gasteiger partial charge in [0.2, 0.25) is 0 Å². The van der Waals surface area contributed by atoms with Gasteiger partial charge in [0.15, 0.2) is 11.8 Å². The van der Waals surface area contributed by atoms with Crippen LogP contribution in [0.25, 0.3) is 0 Å². The Morgan fingerprint density at radius 1 is 1.16 bits per heavy atom. The molecular weight excluding hydrogens is 408 g/mol. The summed E-state index contributed by atoms with van der Waals surface area (Å²) in [5, 5.41) is 15.4. The molecule has 0 amide bonds. The number of fused-ring (bicyclic) bond motifs is 1. The van der Waals surface area contributed by atoms with Gasteiger partial charge in [-0.25, -0.2) is 4.99 Å². The van der Waals surface area contributed by atoms with Crippen molar-refractivity contribution in [3.8, 4) is 5.75 Å². The van der Waals surface area contributed by atoms with Crippen molar-refractivity contribution in [2.75, 3.05) is 18.9 Å². The maximum atomic E-state index is 5.81. The summed E-state index contributed by atoms with van der Waals surface area (Å²) in [5.74, 6) is 4.37. The van der Waals surface area contributed by atoms with Gasteiger partial charge in [0.05, 0.1) is 12.6 Å². The van der Waals surface area contributed by atoms with E-state index >= 15 is 0 Å². The fourth-order valence-electron chi connectivity index (χ4n) is 3.40. The Kier molecular flexibility index (Phi) is 7.09. The van der Waals surface area contributed by atoms with Crippen molar-refractivity contribution in [3.05, 3.63) is 71.8 Å². The molecule has 0 radical (unpaired) electrons. The Morgan fingerprint density at radius 3 is 2.77 bits per heavy atom. The maximum Gasteiger partial charge on any atom is 0.192 e.